The third-order valence-electron chi connectivity index (χ3n) is 6.62. The summed E-state index contributed by atoms with van der Waals surface area (Å²) in [5.41, 5.74) is 4.70. The van der Waals surface area contributed by atoms with E-state index in [1.54, 1.807) is 0 Å². The van der Waals surface area contributed by atoms with E-state index >= 15 is 0 Å². The largest absolute Gasteiger partial charge is 0.449 e. The fourth-order valence-corrected chi connectivity index (χ4v) is 6.13. The first-order valence-electron chi connectivity index (χ1n) is 9.03. The fraction of sp³-hybridized carbons (Fsp3) is 0.706. The van der Waals surface area contributed by atoms with Gasteiger partial charge in [0.05, 0.1) is 30.9 Å². The molecule has 0 bridgehead atoms. The first-order chi connectivity index (χ1) is 13.3. The normalized spacial score (nSPS) is 42.7. The smallest absolute Gasteiger partial charge is 0.404 e. The molecule has 4 aliphatic heterocycles. The highest BCUT2D eigenvalue weighted by molar-refractivity contribution is 9.10. The molecular weight excluding hydrogens is 438 g/mol. The van der Waals surface area contributed by atoms with Gasteiger partial charge in [0.2, 0.25) is 5.78 Å². The lowest BCUT2D eigenvalue weighted by Gasteiger charge is -2.40. The predicted molar refractivity (Wildman–Crippen MR) is 95.2 cm³/mol. The van der Waals surface area contributed by atoms with Crippen LogP contribution in [0.25, 0.3) is 0 Å². The standard InChI is InChI=1S/C17H20BrN3O7/c1-20-8-5-21-10-9(7(6-26-15(19)24)16(21,25-2)13(8)20)14(23)17(12(18)11(10)22)27-3-4-28-17/h7-8,12-13H,3-6H2,1-2H3,(H2,19,24)/t7-,8+,12?,13+,16-,20?/m1/s1. The van der Waals surface area contributed by atoms with Gasteiger partial charge in [0, 0.05) is 25.3 Å². The first kappa shape index (κ1) is 18.5. The number of carbonyl (C=O) groups is 3. The lowest BCUT2D eigenvalue weighted by molar-refractivity contribution is -0.179. The highest BCUT2D eigenvalue weighted by atomic mass is 79.9. The zero-order chi connectivity index (χ0) is 20.0. The van der Waals surface area contributed by atoms with E-state index in [9.17, 15) is 14.4 Å². The predicted octanol–water partition coefficient (Wildman–Crippen LogP) is -1.04. The number of methoxy groups -OCH3 is 1. The second-order valence-electron chi connectivity index (χ2n) is 7.61. The minimum absolute atomic E-state index is 0.0414. The van der Waals surface area contributed by atoms with Gasteiger partial charge in [-0.05, 0) is 7.05 Å². The van der Waals surface area contributed by atoms with Gasteiger partial charge in [0.15, 0.2) is 11.5 Å². The van der Waals surface area contributed by atoms with Crippen LogP contribution in [0.2, 0.25) is 0 Å². The molecule has 28 heavy (non-hydrogen) atoms. The molecule has 0 aromatic heterocycles. The van der Waals surface area contributed by atoms with Crippen LogP contribution in [0.4, 0.5) is 4.79 Å². The molecule has 5 aliphatic rings. The number of rotatable bonds is 3. The number of amides is 1. The minimum atomic E-state index is -1.70. The summed E-state index contributed by atoms with van der Waals surface area (Å²) in [6.07, 6.45) is -0.957. The van der Waals surface area contributed by atoms with E-state index in [1.165, 1.54) is 7.11 Å². The summed E-state index contributed by atoms with van der Waals surface area (Å²) >= 11 is 3.33. The van der Waals surface area contributed by atoms with E-state index in [4.69, 9.17) is 24.7 Å². The lowest BCUT2D eigenvalue weighted by Crippen LogP contribution is -2.56. The third kappa shape index (κ3) is 1.93. The van der Waals surface area contributed by atoms with Crippen molar-refractivity contribution in [1.29, 1.82) is 0 Å². The molecule has 1 spiro atoms. The molecule has 4 heterocycles. The highest BCUT2D eigenvalue weighted by Crippen LogP contribution is 2.60. The van der Waals surface area contributed by atoms with Crippen LogP contribution in [0.3, 0.4) is 0 Å². The Morgan fingerprint density at radius 3 is 2.64 bits per heavy atom. The molecule has 3 fully saturated rings. The monoisotopic (exact) mass is 457 g/mol. The van der Waals surface area contributed by atoms with Crippen LogP contribution >= 0.6 is 15.9 Å². The van der Waals surface area contributed by atoms with Crippen molar-refractivity contribution in [2.24, 2.45) is 11.7 Å². The summed E-state index contributed by atoms with van der Waals surface area (Å²) in [7, 11) is 3.49. The molecule has 5 rings (SSSR count). The maximum atomic E-state index is 13.6. The molecule has 3 saturated heterocycles. The van der Waals surface area contributed by atoms with Gasteiger partial charge in [-0.15, -0.1) is 0 Å². The second-order valence-corrected chi connectivity index (χ2v) is 8.53. The van der Waals surface area contributed by atoms with Crippen molar-refractivity contribution in [3.63, 3.8) is 0 Å². The van der Waals surface area contributed by atoms with Crippen LogP contribution in [0.1, 0.15) is 0 Å². The quantitative estimate of drug-likeness (QED) is 0.418. The average Bonchev–Trinajstić information content (AvgIpc) is 3.05. The molecule has 0 aromatic carbocycles. The van der Waals surface area contributed by atoms with Gasteiger partial charge >= 0.3 is 6.09 Å². The van der Waals surface area contributed by atoms with E-state index in [2.05, 4.69) is 20.8 Å². The summed E-state index contributed by atoms with van der Waals surface area (Å²) in [6, 6.07) is 0.150. The Morgan fingerprint density at radius 1 is 1.36 bits per heavy atom. The van der Waals surface area contributed by atoms with Gasteiger partial charge in [-0.1, -0.05) is 15.9 Å². The van der Waals surface area contributed by atoms with Crippen molar-refractivity contribution in [3.05, 3.63) is 11.3 Å². The lowest BCUT2D eigenvalue weighted by atomic mass is 9.80. The third-order valence-corrected chi connectivity index (χ3v) is 7.64. The van der Waals surface area contributed by atoms with Crippen molar-refractivity contribution in [2.45, 2.75) is 28.4 Å². The van der Waals surface area contributed by atoms with Gasteiger partial charge in [-0.2, -0.15) is 0 Å². The Hall–Kier alpha value is -1.53. The molecular formula is C17H20BrN3O7. The number of primary amides is 1. The van der Waals surface area contributed by atoms with Gasteiger partial charge in [-0.3, -0.25) is 14.5 Å². The number of hydrogen-bond donors (Lipinski definition) is 1. The Labute approximate surface area is 169 Å². The van der Waals surface area contributed by atoms with Gasteiger partial charge in [-0.25, -0.2) is 4.79 Å². The fourth-order valence-electron chi connectivity index (χ4n) is 5.44. The molecule has 1 amide bonds. The molecule has 0 radical (unpaired) electrons. The number of ether oxygens (including phenoxy) is 4. The number of piperazine rings is 1. The van der Waals surface area contributed by atoms with Crippen LogP contribution in [0.5, 0.6) is 0 Å². The van der Waals surface area contributed by atoms with Crippen molar-refractivity contribution in [1.82, 2.24) is 9.80 Å². The molecule has 1 aliphatic carbocycles. The van der Waals surface area contributed by atoms with E-state index < -0.39 is 34.1 Å². The zero-order valence-electron chi connectivity index (χ0n) is 15.3. The number of alkyl halides is 1. The Balaban J connectivity index is 1.66. The molecule has 0 saturated carbocycles. The topological polar surface area (TPSA) is 120 Å². The summed E-state index contributed by atoms with van der Waals surface area (Å²) in [6.45, 7) is 0.767. The number of ketones is 2. The number of allylic oxidation sites excluding steroid dienone is 1. The van der Waals surface area contributed by atoms with Gasteiger partial charge in [0.1, 0.15) is 11.4 Å². The average molecular weight is 458 g/mol. The summed E-state index contributed by atoms with van der Waals surface area (Å²) in [5.74, 6) is -3.14. The van der Waals surface area contributed by atoms with Crippen LogP contribution < -0.4 is 5.73 Å². The van der Waals surface area contributed by atoms with Crippen molar-refractivity contribution in [3.8, 4) is 0 Å². The van der Waals surface area contributed by atoms with Crippen LogP contribution in [0, 0.1) is 5.92 Å². The van der Waals surface area contributed by atoms with Crippen molar-refractivity contribution >= 4 is 33.6 Å². The second kappa shape index (κ2) is 5.76. The summed E-state index contributed by atoms with van der Waals surface area (Å²) in [5, 5.41) is 0. The number of nitrogens with zero attached hydrogens (tertiary/aromatic N) is 2. The summed E-state index contributed by atoms with van der Waals surface area (Å²) < 4.78 is 22.3. The minimum Gasteiger partial charge on any atom is -0.449 e. The Bertz CT molecular complexity index is 826. The first-order valence-corrected chi connectivity index (χ1v) is 9.95. The van der Waals surface area contributed by atoms with Crippen molar-refractivity contribution < 1.29 is 33.3 Å². The number of likely N-dealkylation sites (N-methyl/N-ethyl adjacent to an activating group) is 1. The van der Waals surface area contributed by atoms with E-state index in [1.807, 2.05) is 11.9 Å². The molecule has 2 N–H and O–H groups in total. The van der Waals surface area contributed by atoms with Gasteiger partial charge < -0.3 is 29.6 Å². The van der Waals surface area contributed by atoms with E-state index in [-0.39, 0.29) is 49.0 Å². The summed E-state index contributed by atoms with van der Waals surface area (Å²) in [4.78, 5) is 41.2. The van der Waals surface area contributed by atoms with Crippen LogP contribution in [-0.2, 0) is 28.5 Å². The maximum absolute atomic E-state index is 13.6. The Morgan fingerprint density at radius 2 is 2.04 bits per heavy atom. The number of Topliss-reactive ketones (excluding diaryl/α,β-unsaturated/α-hetero) is 2. The molecule has 152 valence electrons. The Kier molecular flexibility index (Phi) is 3.80. The maximum Gasteiger partial charge on any atom is 0.404 e. The van der Waals surface area contributed by atoms with Crippen LogP contribution in [0.15, 0.2) is 11.3 Å². The highest BCUT2D eigenvalue weighted by Gasteiger charge is 2.77. The molecule has 0 aromatic rings. The van der Waals surface area contributed by atoms with Crippen LogP contribution in [-0.4, -0.2) is 96.4 Å². The van der Waals surface area contributed by atoms with E-state index in [0.29, 0.717) is 6.54 Å². The zero-order valence-corrected chi connectivity index (χ0v) is 16.9. The number of halogens is 1. The number of hydrogen-bond acceptors (Lipinski definition) is 9. The molecule has 10 nitrogen and oxygen atoms in total. The molecule has 6 atom stereocenters. The SMILES string of the molecule is CO[C@@]12[C@H](COC(N)=O)C3=C(C(=O)C(Br)C4(OCCO4)C3=O)N1C[C@H]1[C@@H]2N1C. The number of fused-ring (bicyclic) bond motifs is 4. The van der Waals surface area contributed by atoms with Crippen molar-refractivity contribution in [2.75, 3.05) is 40.5 Å². The van der Waals surface area contributed by atoms with Gasteiger partial charge in [0.25, 0.3) is 5.79 Å². The number of nitrogens with two attached hydrogens (primary N) is 1. The number of carbonyl (C=O) groups excluding carboxylic acids is 3. The molecule has 2 unspecified atom stereocenters. The molecule has 11 heteroatoms. The van der Waals surface area contributed by atoms with E-state index in [0.717, 1.165) is 0 Å².